The number of benzene rings is 1. The fraction of sp³-hybridized carbons (Fsp3) is 0.500. The Morgan fingerprint density at radius 2 is 1.82 bits per heavy atom. The number of hydrogen-bond acceptors (Lipinski definition) is 4. The first kappa shape index (κ1) is 12.2. The van der Waals surface area contributed by atoms with Gasteiger partial charge in [0.2, 0.25) is 0 Å². The predicted octanol–water partition coefficient (Wildman–Crippen LogP) is 1.66. The maximum atomic E-state index is 11.6. The summed E-state index contributed by atoms with van der Waals surface area (Å²) in [6.07, 6.45) is 4.71. The van der Waals surface area contributed by atoms with Gasteiger partial charge in [0.15, 0.2) is 9.84 Å². The van der Waals surface area contributed by atoms with Crippen molar-refractivity contribution in [1.82, 2.24) is 0 Å². The van der Waals surface area contributed by atoms with E-state index in [9.17, 15) is 8.42 Å². The molecule has 2 N–H and O–H groups in total. The molecule has 94 valence electrons. The molecule has 0 aliphatic carbocycles. The van der Waals surface area contributed by atoms with Crippen LogP contribution in [0.4, 0.5) is 11.4 Å². The smallest absolute Gasteiger partial charge is 0.177 e. The quantitative estimate of drug-likeness (QED) is 0.815. The molecule has 1 fully saturated rings. The molecule has 0 saturated carbocycles. The summed E-state index contributed by atoms with van der Waals surface area (Å²) in [5.41, 5.74) is 7.22. The number of hydrogen-bond donors (Lipinski definition) is 1. The third kappa shape index (κ3) is 2.54. The standard InChI is InChI=1S/C12H18N2O2S/c1-17(15,16)11-7-5-6-10(12(11)13)14-8-3-2-4-9-14/h5-7H,2-4,8-9,13H2,1H3. The Kier molecular flexibility index (Phi) is 3.28. The van der Waals surface area contributed by atoms with Crippen LogP contribution in [0.5, 0.6) is 0 Å². The van der Waals surface area contributed by atoms with Crippen molar-refractivity contribution in [1.29, 1.82) is 0 Å². The van der Waals surface area contributed by atoms with Crippen molar-refractivity contribution in [2.45, 2.75) is 24.2 Å². The third-order valence-electron chi connectivity index (χ3n) is 3.14. The Morgan fingerprint density at radius 1 is 1.18 bits per heavy atom. The molecule has 2 rings (SSSR count). The Balaban J connectivity index is 2.42. The molecule has 0 aromatic heterocycles. The number of sulfone groups is 1. The van der Waals surface area contributed by atoms with E-state index in [1.165, 1.54) is 12.7 Å². The van der Waals surface area contributed by atoms with Gasteiger partial charge in [-0.15, -0.1) is 0 Å². The zero-order chi connectivity index (χ0) is 12.5. The fourth-order valence-corrected chi connectivity index (χ4v) is 3.10. The highest BCUT2D eigenvalue weighted by Crippen LogP contribution is 2.31. The van der Waals surface area contributed by atoms with Gasteiger partial charge in [-0.1, -0.05) is 6.07 Å². The van der Waals surface area contributed by atoms with Gasteiger partial charge in [-0.25, -0.2) is 8.42 Å². The number of para-hydroxylation sites is 1. The zero-order valence-corrected chi connectivity index (χ0v) is 10.8. The molecule has 1 heterocycles. The van der Waals surface area contributed by atoms with Crippen LogP contribution in [0.2, 0.25) is 0 Å². The van der Waals surface area contributed by atoms with Crippen molar-refractivity contribution in [2.24, 2.45) is 0 Å². The topological polar surface area (TPSA) is 63.4 Å². The van der Waals surface area contributed by atoms with Crippen molar-refractivity contribution >= 4 is 21.2 Å². The van der Waals surface area contributed by atoms with E-state index < -0.39 is 9.84 Å². The molecule has 17 heavy (non-hydrogen) atoms. The minimum Gasteiger partial charge on any atom is -0.396 e. The molecule has 1 aliphatic rings. The Labute approximate surface area is 102 Å². The Hall–Kier alpha value is -1.23. The lowest BCUT2D eigenvalue weighted by Crippen LogP contribution is -2.30. The van der Waals surface area contributed by atoms with Crippen LogP contribution < -0.4 is 10.6 Å². The number of nitrogen functional groups attached to an aromatic ring is 1. The average Bonchev–Trinajstić information content (AvgIpc) is 2.29. The highest BCUT2D eigenvalue weighted by molar-refractivity contribution is 7.90. The summed E-state index contributed by atoms with van der Waals surface area (Å²) >= 11 is 0. The van der Waals surface area contributed by atoms with Crippen molar-refractivity contribution in [3.05, 3.63) is 18.2 Å². The Bertz CT molecular complexity index is 505. The van der Waals surface area contributed by atoms with Gasteiger partial charge in [0.05, 0.1) is 16.3 Å². The van der Waals surface area contributed by atoms with Crippen LogP contribution in [0.1, 0.15) is 19.3 Å². The van der Waals surface area contributed by atoms with E-state index >= 15 is 0 Å². The van der Waals surface area contributed by atoms with Crippen LogP contribution in [0.3, 0.4) is 0 Å². The van der Waals surface area contributed by atoms with Crippen molar-refractivity contribution < 1.29 is 8.42 Å². The second kappa shape index (κ2) is 4.56. The first-order chi connectivity index (χ1) is 8.00. The van der Waals surface area contributed by atoms with Gasteiger partial charge in [-0.05, 0) is 31.4 Å². The number of anilines is 2. The van der Waals surface area contributed by atoms with Crippen molar-refractivity contribution in [2.75, 3.05) is 30.0 Å². The number of nitrogens with two attached hydrogens (primary N) is 1. The van der Waals surface area contributed by atoms with Gasteiger partial charge < -0.3 is 10.6 Å². The minimum atomic E-state index is -3.25. The average molecular weight is 254 g/mol. The van der Waals surface area contributed by atoms with Gasteiger partial charge in [-0.3, -0.25) is 0 Å². The fourth-order valence-electron chi connectivity index (χ4n) is 2.27. The largest absolute Gasteiger partial charge is 0.396 e. The van der Waals surface area contributed by atoms with Gasteiger partial charge in [0, 0.05) is 19.3 Å². The number of rotatable bonds is 2. The molecule has 4 nitrogen and oxygen atoms in total. The SMILES string of the molecule is CS(=O)(=O)c1cccc(N2CCCCC2)c1N. The molecular formula is C12H18N2O2S. The van der Waals surface area contributed by atoms with Crippen molar-refractivity contribution in [3.8, 4) is 0 Å². The second-order valence-corrected chi connectivity index (χ2v) is 6.49. The van der Waals surface area contributed by atoms with Gasteiger partial charge in [0.25, 0.3) is 0 Å². The van der Waals surface area contributed by atoms with E-state index in [2.05, 4.69) is 4.90 Å². The van der Waals surface area contributed by atoms with E-state index in [4.69, 9.17) is 5.73 Å². The maximum Gasteiger partial charge on any atom is 0.177 e. The van der Waals surface area contributed by atoms with Gasteiger partial charge >= 0.3 is 0 Å². The molecule has 1 aliphatic heterocycles. The van der Waals surface area contributed by atoms with E-state index in [0.717, 1.165) is 31.6 Å². The minimum absolute atomic E-state index is 0.237. The zero-order valence-electron chi connectivity index (χ0n) is 10.0. The summed E-state index contributed by atoms with van der Waals surface area (Å²) in [7, 11) is -3.25. The molecule has 5 heteroatoms. The lowest BCUT2D eigenvalue weighted by molar-refractivity contribution is 0.577. The molecule has 0 atom stereocenters. The van der Waals surface area contributed by atoms with Crippen LogP contribution in [-0.4, -0.2) is 27.8 Å². The molecule has 1 aromatic rings. The lowest BCUT2D eigenvalue weighted by atomic mass is 10.1. The van der Waals surface area contributed by atoms with E-state index in [1.54, 1.807) is 12.1 Å². The number of piperidine rings is 1. The van der Waals surface area contributed by atoms with Crippen LogP contribution in [0.25, 0.3) is 0 Å². The monoisotopic (exact) mass is 254 g/mol. The summed E-state index contributed by atoms with van der Waals surface area (Å²) in [6, 6.07) is 5.23. The molecule has 0 amide bonds. The van der Waals surface area contributed by atoms with Crippen LogP contribution in [0, 0.1) is 0 Å². The summed E-state index contributed by atoms with van der Waals surface area (Å²) in [4.78, 5) is 2.41. The van der Waals surface area contributed by atoms with Crippen LogP contribution in [0.15, 0.2) is 23.1 Å². The van der Waals surface area contributed by atoms with E-state index in [1.807, 2.05) is 6.07 Å². The molecular weight excluding hydrogens is 236 g/mol. The first-order valence-corrected chi connectivity index (χ1v) is 7.73. The van der Waals surface area contributed by atoms with Gasteiger partial charge in [0.1, 0.15) is 0 Å². The molecule has 1 aromatic carbocycles. The maximum absolute atomic E-state index is 11.6. The number of nitrogens with zero attached hydrogens (tertiary/aromatic N) is 1. The summed E-state index contributed by atoms with van der Waals surface area (Å²) < 4.78 is 23.2. The second-order valence-electron chi connectivity index (χ2n) is 4.51. The summed E-state index contributed by atoms with van der Waals surface area (Å²) in [6.45, 7) is 1.91. The van der Waals surface area contributed by atoms with Crippen LogP contribution in [-0.2, 0) is 9.84 Å². The summed E-state index contributed by atoms with van der Waals surface area (Å²) in [5.74, 6) is 0. The normalized spacial score (nSPS) is 17.1. The Morgan fingerprint density at radius 3 is 2.41 bits per heavy atom. The molecule has 0 unspecified atom stereocenters. The highest BCUT2D eigenvalue weighted by atomic mass is 32.2. The molecule has 0 bridgehead atoms. The van der Waals surface area contributed by atoms with Crippen molar-refractivity contribution in [3.63, 3.8) is 0 Å². The van der Waals surface area contributed by atoms with Crippen LogP contribution >= 0.6 is 0 Å². The molecule has 0 radical (unpaired) electrons. The first-order valence-electron chi connectivity index (χ1n) is 5.83. The molecule has 0 spiro atoms. The highest BCUT2D eigenvalue weighted by Gasteiger charge is 2.18. The van der Waals surface area contributed by atoms with Gasteiger partial charge in [-0.2, -0.15) is 0 Å². The predicted molar refractivity (Wildman–Crippen MR) is 70.0 cm³/mol. The van der Waals surface area contributed by atoms with E-state index in [0.29, 0.717) is 5.69 Å². The molecule has 1 saturated heterocycles. The van der Waals surface area contributed by atoms with E-state index in [-0.39, 0.29) is 4.90 Å². The lowest BCUT2D eigenvalue weighted by Gasteiger charge is -2.30. The third-order valence-corrected chi connectivity index (χ3v) is 4.29. The summed E-state index contributed by atoms with van der Waals surface area (Å²) in [5, 5.41) is 0.